The van der Waals surface area contributed by atoms with Gasteiger partial charge in [0, 0.05) is 5.56 Å². The van der Waals surface area contributed by atoms with Crippen molar-refractivity contribution >= 4 is 17.2 Å². The van der Waals surface area contributed by atoms with E-state index in [1.807, 2.05) is 18.2 Å². The van der Waals surface area contributed by atoms with Crippen LogP contribution in [0.1, 0.15) is 45.5 Å². The minimum atomic E-state index is -0.900. The normalized spacial score (nSPS) is 20.9. The standard InChI is InChI=1S/C31H29N3O/c1-20-18-21(2)28(22(3)19-20)33-26-17-11-10-16-25(26)30-32-27(23-12-6-4-7-13-23)29(34(30)31(33)35)24-14-8-5-9-15-24/h4-19,27,29,31,35H,1-3H3/t27-,29-,31+/m0/s1. The Balaban J connectivity index is 1.58. The summed E-state index contributed by atoms with van der Waals surface area (Å²) < 4.78 is 0. The SMILES string of the molecule is Cc1cc(C)c(N2c3ccccc3C3=N[C@@H](c4ccccc4)[C@H](c4ccccc4)N3[C@@H]2O)c(C)c1. The average Bonchev–Trinajstić information content (AvgIpc) is 3.28. The summed E-state index contributed by atoms with van der Waals surface area (Å²) in [5, 5.41) is 12.1. The zero-order valence-electron chi connectivity index (χ0n) is 20.3. The lowest BCUT2D eigenvalue weighted by Gasteiger charge is -2.46. The lowest BCUT2D eigenvalue weighted by molar-refractivity contribution is 0.0321. The van der Waals surface area contributed by atoms with Crippen LogP contribution in [-0.2, 0) is 0 Å². The van der Waals surface area contributed by atoms with Gasteiger partial charge in [-0.3, -0.25) is 9.89 Å². The zero-order valence-corrected chi connectivity index (χ0v) is 20.3. The molecule has 2 aliphatic heterocycles. The van der Waals surface area contributed by atoms with E-state index in [0.29, 0.717) is 0 Å². The summed E-state index contributed by atoms with van der Waals surface area (Å²) in [6.07, 6.45) is -0.900. The molecule has 4 nitrogen and oxygen atoms in total. The van der Waals surface area contributed by atoms with Gasteiger partial charge in [-0.25, -0.2) is 0 Å². The maximum absolute atomic E-state index is 12.1. The van der Waals surface area contributed by atoms with Crippen molar-refractivity contribution in [2.75, 3.05) is 4.90 Å². The van der Waals surface area contributed by atoms with Gasteiger partial charge < -0.3 is 10.0 Å². The number of anilines is 2. The van der Waals surface area contributed by atoms with Gasteiger partial charge in [-0.2, -0.15) is 0 Å². The van der Waals surface area contributed by atoms with Crippen LogP contribution in [0.3, 0.4) is 0 Å². The number of rotatable bonds is 3. The number of fused-ring (bicyclic) bond motifs is 3. The van der Waals surface area contributed by atoms with Crippen LogP contribution in [-0.4, -0.2) is 22.2 Å². The maximum Gasteiger partial charge on any atom is 0.214 e. The smallest absolute Gasteiger partial charge is 0.214 e. The van der Waals surface area contributed by atoms with Crippen LogP contribution in [0.2, 0.25) is 0 Å². The summed E-state index contributed by atoms with van der Waals surface area (Å²) in [5.41, 5.74) is 8.85. The molecular formula is C31H29N3O. The summed E-state index contributed by atoms with van der Waals surface area (Å²) in [6, 6.07) is 33.3. The van der Waals surface area contributed by atoms with Gasteiger partial charge in [-0.05, 0) is 55.2 Å². The molecule has 2 aliphatic rings. The Kier molecular flexibility index (Phi) is 5.19. The Labute approximate surface area is 206 Å². The van der Waals surface area contributed by atoms with Gasteiger partial charge in [0.25, 0.3) is 0 Å². The Bertz CT molecular complexity index is 1390. The van der Waals surface area contributed by atoms with Crippen LogP contribution in [0.4, 0.5) is 11.4 Å². The van der Waals surface area contributed by atoms with Crippen LogP contribution in [0.25, 0.3) is 0 Å². The molecule has 0 saturated heterocycles. The van der Waals surface area contributed by atoms with E-state index in [9.17, 15) is 5.11 Å². The molecule has 0 spiro atoms. The summed E-state index contributed by atoms with van der Waals surface area (Å²) in [5.74, 6) is 0.842. The van der Waals surface area contributed by atoms with Gasteiger partial charge in [0.1, 0.15) is 11.9 Å². The summed E-state index contributed by atoms with van der Waals surface area (Å²) in [4.78, 5) is 9.46. The highest BCUT2D eigenvalue weighted by molar-refractivity contribution is 6.08. The molecule has 35 heavy (non-hydrogen) atoms. The second kappa shape index (κ2) is 8.40. The van der Waals surface area contributed by atoms with Gasteiger partial charge in [0.15, 0.2) is 0 Å². The Morgan fingerprint density at radius 2 is 1.29 bits per heavy atom. The van der Waals surface area contributed by atoms with Gasteiger partial charge >= 0.3 is 0 Å². The van der Waals surface area contributed by atoms with Gasteiger partial charge in [0.05, 0.1) is 17.4 Å². The lowest BCUT2D eigenvalue weighted by Crippen LogP contribution is -2.53. The quantitative estimate of drug-likeness (QED) is 0.376. The van der Waals surface area contributed by atoms with Crippen molar-refractivity contribution in [3.8, 4) is 0 Å². The number of aliphatic imine (C=N–C) groups is 1. The highest BCUT2D eigenvalue weighted by atomic mass is 16.3. The highest BCUT2D eigenvalue weighted by Crippen LogP contribution is 2.50. The summed E-state index contributed by atoms with van der Waals surface area (Å²) in [6.45, 7) is 6.37. The van der Waals surface area contributed by atoms with E-state index in [1.165, 1.54) is 5.56 Å². The fraction of sp³-hybridized carbons (Fsp3) is 0.194. The molecule has 4 aromatic rings. The number of aliphatic hydroxyl groups is 1. The first kappa shape index (κ1) is 21.6. The molecule has 174 valence electrons. The maximum atomic E-state index is 12.1. The Morgan fingerprint density at radius 3 is 1.94 bits per heavy atom. The number of para-hydroxylation sites is 1. The molecule has 0 bridgehead atoms. The number of amidine groups is 1. The number of hydrogen-bond acceptors (Lipinski definition) is 4. The molecule has 0 amide bonds. The lowest BCUT2D eigenvalue weighted by atomic mass is 9.93. The fourth-order valence-corrected chi connectivity index (χ4v) is 5.82. The number of benzene rings is 4. The van der Waals surface area contributed by atoms with E-state index < -0.39 is 6.35 Å². The number of aliphatic hydroxyl groups excluding tert-OH is 1. The van der Waals surface area contributed by atoms with Crippen LogP contribution >= 0.6 is 0 Å². The molecule has 2 heterocycles. The molecule has 4 aromatic carbocycles. The third-order valence-corrected chi connectivity index (χ3v) is 7.15. The molecule has 6 rings (SSSR count). The first-order valence-electron chi connectivity index (χ1n) is 12.1. The molecule has 0 radical (unpaired) electrons. The monoisotopic (exact) mass is 459 g/mol. The minimum Gasteiger partial charge on any atom is -0.356 e. The number of aryl methyl sites for hydroxylation is 3. The molecular weight excluding hydrogens is 430 g/mol. The van der Waals surface area contributed by atoms with Crippen molar-refractivity contribution in [2.24, 2.45) is 4.99 Å². The number of hydrogen-bond donors (Lipinski definition) is 1. The first-order valence-corrected chi connectivity index (χ1v) is 12.1. The van der Waals surface area contributed by atoms with Crippen molar-refractivity contribution in [3.05, 3.63) is 130 Å². The Hall–Kier alpha value is -3.89. The van der Waals surface area contributed by atoms with E-state index >= 15 is 0 Å². The third kappa shape index (κ3) is 3.44. The van der Waals surface area contributed by atoms with Crippen molar-refractivity contribution in [2.45, 2.75) is 39.2 Å². The van der Waals surface area contributed by atoms with Crippen molar-refractivity contribution in [3.63, 3.8) is 0 Å². The molecule has 0 fully saturated rings. The molecule has 1 N–H and O–H groups in total. The molecule has 0 saturated carbocycles. The topological polar surface area (TPSA) is 39.1 Å². The molecule has 0 unspecified atom stereocenters. The zero-order chi connectivity index (χ0) is 24.1. The summed E-state index contributed by atoms with van der Waals surface area (Å²) in [7, 11) is 0. The van der Waals surface area contributed by atoms with Crippen LogP contribution in [0.5, 0.6) is 0 Å². The third-order valence-electron chi connectivity index (χ3n) is 7.15. The van der Waals surface area contributed by atoms with Gasteiger partial charge in [-0.1, -0.05) is 90.5 Å². The first-order chi connectivity index (χ1) is 17.0. The van der Waals surface area contributed by atoms with Crippen LogP contribution in [0.15, 0.2) is 102 Å². The molecule has 3 atom stereocenters. The van der Waals surface area contributed by atoms with Crippen molar-refractivity contribution < 1.29 is 5.11 Å². The average molecular weight is 460 g/mol. The van der Waals surface area contributed by atoms with E-state index in [-0.39, 0.29) is 12.1 Å². The van der Waals surface area contributed by atoms with E-state index in [0.717, 1.165) is 45.0 Å². The van der Waals surface area contributed by atoms with Gasteiger partial charge in [-0.15, -0.1) is 0 Å². The van der Waals surface area contributed by atoms with Crippen LogP contribution in [0, 0.1) is 20.8 Å². The van der Waals surface area contributed by atoms with Crippen molar-refractivity contribution in [1.29, 1.82) is 0 Å². The second-order valence-electron chi connectivity index (χ2n) is 9.55. The van der Waals surface area contributed by atoms with E-state index in [2.05, 4.69) is 109 Å². The molecule has 0 aliphatic carbocycles. The molecule has 0 aromatic heterocycles. The Morgan fingerprint density at radius 1 is 0.714 bits per heavy atom. The fourth-order valence-electron chi connectivity index (χ4n) is 5.82. The largest absolute Gasteiger partial charge is 0.356 e. The van der Waals surface area contributed by atoms with Gasteiger partial charge in [0.2, 0.25) is 6.35 Å². The number of nitrogens with zero attached hydrogens (tertiary/aromatic N) is 3. The molecule has 4 heteroatoms. The highest BCUT2D eigenvalue weighted by Gasteiger charge is 2.48. The predicted octanol–water partition coefficient (Wildman–Crippen LogP) is 6.58. The van der Waals surface area contributed by atoms with E-state index in [4.69, 9.17) is 4.99 Å². The second-order valence-corrected chi connectivity index (χ2v) is 9.55. The van der Waals surface area contributed by atoms with Crippen molar-refractivity contribution in [1.82, 2.24) is 4.90 Å². The summed E-state index contributed by atoms with van der Waals surface area (Å²) >= 11 is 0. The minimum absolute atomic E-state index is 0.128. The predicted molar refractivity (Wildman–Crippen MR) is 142 cm³/mol. The van der Waals surface area contributed by atoms with Crippen LogP contribution < -0.4 is 4.90 Å². The van der Waals surface area contributed by atoms with E-state index in [1.54, 1.807) is 0 Å².